The smallest absolute Gasteiger partial charge is 0.319 e. The minimum atomic E-state index is -0.187. The normalized spacial score (nSPS) is 19.2. The van der Waals surface area contributed by atoms with Crippen LogP contribution in [0.4, 0.5) is 10.5 Å². The molecule has 94 valence electrons. The molecule has 1 aromatic heterocycles. The first-order valence-corrected chi connectivity index (χ1v) is 5.93. The molecule has 1 aromatic rings. The minimum absolute atomic E-state index is 0.187. The molecule has 1 saturated heterocycles. The minimum Gasteiger partial charge on any atom is -0.381 e. The van der Waals surface area contributed by atoms with Gasteiger partial charge in [-0.3, -0.25) is 4.68 Å². The molecule has 6 heteroatoms. The number of nitrogens with one attached hydrogen (secondary N) is 2. The van der Waals surface area contributed by atoms with E-state index in [1.165, 1.54) is 0 Å². The number of aromatic nitrogens is 2. The molecular formula is C11H18N4O2. The lowest BCUT2D eigenvalue weighted by Crippen LogP contribution is -2.33. The Balaban J connectivity index is 1.72. The molecule has 0 unspecified atom stereocenters. The lowest BCUT2D eigenvalue weighted by Gasteiger charge is -2.09. The van der Waals surface area contributed by atoms with Gasteiger partial charge < -0.3 is 15.4 Å². The summed E-state index contributed by atoms with van der Waals surface area (Å²) in [5.74, 6) is 0.444. The van der Waals surface area contributed by atoms with Crippen molar-refractivity contribution in [1.29, 1.82) is 0 Å². The van der Waals surface area contributed by atoms with Crippen LogP contribution in [-0.2, 0) is 11.3 Å². The molecule has 1 aliphatic rings. The number of hydrogen-bond donors (Lipinski definition) is 2. The van der Waals surface area contributed by atoms with E-state index < -0.39 is 0 Å². The van der Waals surface area contributed by atoms with Crippen molar-refractivity contribution in [2.75, 3.05) is 25.1 Å². The van der Waals surface area contributed by atoms with Crippen molar-refractivity contribution in [2.45, 2.75) is 19.9 Å². The third-order valence-corrected chi connectivity index (χ3v) is 2.79. The van der Waals surface area contributed by atoms with Gasteiger partial charge in [-0.15, -0.1) is 0 Å². The number of ether oxygens (including phenoxy) is 1. The molecule has 2 heterocycles. The summed E-state index contributed by atoms with van der Waals surface area (Å²) in [6.07, 6.45) is 4.47. The molecule has 1 fully saturated rings. The molecule has 0 spiro atoms. The summed E-state index contributed by atoms with van der Waals surface area (Å²) in [6.45, 7) is 5.00. The van der Waals surface area contributed by atoms with Gasteiger partial charge in [0, 0.05) is 31.8 Å². The molecule has 6 nitrogen and oxygen atoms in total. The van der Waals surface area contributed by atoms with E-state index in [9.17, 15) is 4.79 Å². The maximum absolute atomic E-state index is 11.6. The summed E-state index contributed by atoms with van der Waals surface area (Å²) in [6, 6.07) is -0.187. The number of rotatable bonds is 4. The van der Waals surface area contributed by atoms with E-state index in [1.54, 1.807) is 17.1 Å². The SMILES string of the molecule is CCn1cc(NC(=O)NC[C@@H]2CCOC2)cn1. The molecule has 2 amide bonds. The zero-order valence-electron chi connectivity index (χ0n) is 9.98. The molecule has 2 N–H and O–H groups in total. The zero-order valence-corrected chi connectivity index (χ0v) is 9.98. The van der Waals surface area contributed by atoms with Gasteiger partial charge in [-0.05, 0) is 13.3 Å². The molecule has 0 aromatic carbocycles. The number of carbonyl (C=O) groups excluding carboxylic acids is 1. The van der Waals surface area contributed by atoms with Crippen LogP contribution in [0.15, 0.2) is 12.4 Å². The number of hydrogen-bond acceptors (Lipinski definition) is 3. The molecule has 0 radical (unpaired) electrons. The van der Waals surface area contributed by atoms with Gasteiger partial charge in [0.1, 0.15) is 0 Å². The van der Waals surface area contributed by atoms with E-state index in [-0.39, 0.29) is 6.03 Å². The number of amides is 2. The molecule has 1 aliphatic heterocycles. The first-order valence-electron chi connectivity index (χ1n) is 5.93. The van der Waals surface area contributed by atoms with Gasteiger partial charge in [-0.1, -0.05) is 0 Å². The van der Waals surface area contributed by atoms with Gasteiger partial charge in [0.15, 0.2) is 0 Å². The first kappa shape index (κ1) is 11.9. The second-order valence-electron chi connectivity index (χ2n) is 4.15. The van der Waals surface area contributed by atoms with Crippen LogP contribution in [0.3, 0.4) is 0 Å². The van der Waals surface area contributed by atoms with Crippen LogP contribution in [0, 0.1) is 5.92 Å². The Hall–Kier alpha value is -1.56. The molecule has 0 bridgehead atoms. The van der Waals surface area contributed by atoms with Crippen LogP contribution in [-0.4, -0.2) is 35.6 Å². The topological polar surface area (TPSA) is 68.2 Å². The molecule has 2 rings (SSSR count). The second kappa shape index (κ2) is 5.67. The monoisotopic (exact) mass is 238 g/mol. The van der Waals surface area contributed by atoms with Crippen molar-refractivity contribution < 1.29 is 9.53 Å². The van der Waals surface area contributed by atoms with Crippen LogP contribution >= 0.6 is 0 Å². The Bertz CT molecular complexity index is 371. The maximum atomic E-state index is 11.6. The van der Waals surface area contributed by atoms with Crippen molar-refractivity contribution in [3.05, 3.63) is 12.4 Å². The van der Waals surface area contributed by atoms with Crippen LogP contribution in [0.1, 0.15) is 13.3 Å². The number of nitrogens with zero attached hydrogens (tertiary/aromatic N) is 2. The third kappa shape index (κ3) is 3.45. The van der Waals surface area contributed by atoms with E-state index in [2.05, 4.69) is 15.7 Å². The van der Waals surface area contributed by atoms with Crippen molar-refractivity contribution in [2.24, 2.45) is 5.92 Å². The Kier molecular flexibility index (Phi) is 3.98. The van der Waals surface area contributed by atoms with Gasteiger partial charge >= 0.3 is 6.03 Å². The van der Waals surface area contributed by atoms with Gasteiger partial charge in [-0.2, -0.15) is 5.10 Å². The predicted octanol–water partition coefficient (Wildman–Crippen LogP) is 1.06. The summed E-state index contributed by atoms with van der Waals surface area (Å²) >= 11 is 0. The summed E-state index contributed by atoms with van der Waals surface area (Å²) in [4.78, 5) is 11.6. The van der Waals surface area contributed by atoms with Gasteiger partial charge in [0.2, 0.25) is 0 Å². The average Bonchev–Trinajstić information content (AvgIpc) is 2.97. The highest BCUT2D eigenvalue weighted by Gasteiger charge is 2.16. The fraction of sp³-hybridized carbons (Fsp3) is 0.636. The highest BCUT2D eigenvalue weighted by molar-refractivity contribution is 5.88. The Morgan fingerprint density at radius 3 is 3.24 bits per heavy atom. The van der Waals surface area contributed by atoms with Gasteiger partial charge in [0.25, 0.3) is 0 Å². The first-order chi connectivity index (χ1) is 8.28. The number of anilines is 1. The number of aryl methyl sites for hydroxylation is 1. The van der Waals surface area contributed by atoms with Crippen LogP contribution in [0.5, 0.6) is 0 Å². The van der Waals surface area contributed by atoms with Crippen LogP contribution < -0.4 is 10.6 Å². The Morgan fingerprint density at radius 1 is 1.71 bits per heavy atom. The summed E-state index contributed by atoms with van der Waals surface area (Å²) in [7, 11) is 0. The van der Waals surface area contributed by atoms with E-state index in [0.717, 1.165) is 26.2 Å². The standard InChI is InChI=1S/C11H18N4O2/c1-2-15-7-10(6-13-15)14-11(16)12-5-9-3-4-17-8-9/h6-7,9H,2-5,8H2,1H3,(H2,12,14,16)/t9-/m0/s1. The third-order valence-electron chi connectivity index (χ3n) is 2.79. The molecular weight excluding hydrogens is 220 g/mol. The van der Waals surface area contributed by atoms with Gasteiger partial charge in [0.05, 0.1) is 18.5 Å². The summed E-state index contributed by atoms with van der Waals surface area (Å²) in [5.41, 5.74) is 0.715. The van der Waals surface area contributed by atoms with Crippen molar-refractivity contribution >= 4 is 11.7 Å². The lowest BCUT2D eigenvalue weighted by atomic mass is 10.1. The van der Waals surface area contributed by atoms with Gasteiger partial charge in [-0.25, -0.2) is 4.79 Å². The Labute approximate surface area is 100 Å². The molecule has 0 saturated carbocycles. The van der Waals surface area contributed by atoms with E-state index in [1.807, 2.05) is 6.92 Å². The van der Waals surface area contributed by atoms with Crippen LogP contribution in [0.2, 0.25) is 0 Å². The molecule has 17 heavy (non-hydrogen) atoms. The highest BCUT2D eigenvalue weighted by atomic mass is 16.5. The van der Waals surface area contributed by atoms with Crippen molar-refractivity contribution in [3.8, 4) is 0 Å². The second-order valence-corrected chi connectivity index (χ2v) is 4.15. The highest BCUT2D eigenvalue weighted by Crippen LogP contribution is 2.10. The summed E-state index contributed by atoms with van der Waals surface area (Å²) in [5, 5.41) is 9.66. The van der Waals surface area contributed by atoms with Crippen molar-refractivity contribution in [3.63, 3.8) is 0 Å². The average molecular weight is 238 g/mol. The predicted molar refractivity (Wildman–Crippen MR) is 63.8 cm³/mol. The fourth-order valence-corrected chi connectivity index (χ4v) is 1.76. The van der Waals surface area contributed by atoms with Crippen LogP contribution in [0.25, 0.3) is 0 Å². The fourth-order valence-electron chi connectivity index (χ4n) is 1.76. The number of urea groups is 1. The van der Waals surface area contributed by atoms with E-state index >= 15 is 0 Å². The molecule has 1 atom stereocenters. The van der Waals surface area contributed by atoms with Crippen molar-refractivity contribution in [1.82, 2.24) is 15.1 Å². The number of carbonyl (C=O) groups is 1. The maximum Gasteiger partial charge on any atom is 0.319 e. The quantitative estimate of drug-likeness (QED) is 0.824. The van der Waals surface area contributed by atoms with E-state index in [4.69, 9.17) is 4.74 Å². The zero-order chi connectivity index (χ0) is 12.1. The summed E-state index contributed by atoms with van der Waals surface area (Å²) < 4.78 is 7.00. The lowest BCUT2D eigenvalue weighted by molar-refractivity contribution is 0.185. The van der Waals surface area contributed by atoms with E-state index in [0.29, 0.717) is 18.2 Å². The largest absolute Gasteiger partial charge is 0.381 e. The Morgan fingerprint density at radius 2 is 2.59 bits per heavy atom. The molecule has 0 aliphatic carbocycles.